The number of nitrogens with zero attached hydrogens (tertiary/aromatic N) is 3. The molecule has 0 aliphatic carbocycles. The van der Waals surface area contributed by atoms with Gasteiger partial charge in [0.1, 0.15) is 34.2 Å². The van der Waals surface area contributed by atoms with Crippen LogP contribution in [0.5, 0.6) is 0 Å². The molecule has 0 aromatic rings. The van der Waals surface area contributed by atoms with Gasteiger partial charge in [-0.15, -0.1) is 0 Å². The molecule has 18 nitrogen and oxygen atoms in total. The molecule has 1 heterocycles. The van der Waals surface area contributed by atoms with E-state index in [2.05, 4.69) is 5.32 Å². The molecule has 1 aliphatic rings. The molecule has 3 amide bonds. The quantitative estimate of drug-likeness (QED) is 0.0840. The van der Waals surface area contributed by atoms with Gasteiger partial charge in [0.15, 0.2) is 13.1 Å². The second kappa shape index (κ2) is 11.9. The molecule has 1 aliphatic heterocycles. The fourth-order valence-corrected chi connectivity index (χ4v) is 3.84. The van der Waals surface area contributed by atoms with E-state index < -0.39 is 106 Å². The normalized spacial score (nSPS) is 16.8. The molecule has 0 radical (unpaired) electrons. The van der Waals surface area contributed by atoms with Crippen molar-refractivity contribution in [2.45, 2.75) is 30.6 Å². The molecular weight excluding hydrogens is 488 g/mol. The predicted molar refractivity (Wildman–Crippen MR) is 109 cm³/mol. The van der Waals surface area contributed by atoms with E-state index in [0.717, 1.165) is 4.90 Å². The van der Waals surface area contributed by atoms with Gasteiger partial charge in [-0.2, -0.15) is 0 Å². The Morgan fingerprint density at radius 2 is 1.68 bits per heavy atom. The second-order valence-corrected chi connectivity index (χ2v) is 8.71. The maximum absolute atomic E-state index is 12.4. The van der Waals surface area contributed by atoms with Gasteiger partial charge < -0.3 is 31.5 Å². The van der Waals surface area contributed by atoms with Crippen molar-refractivity contribution < 1.29 is 48.2 Å². The molecule has 3 atom stereocenters. The van der Waals surface area contributed by atoms with Crippen LogP contribution in [-0.2, 0) is 34.8 Å². The number of amides is 3. The average molecular weight is 510 g/mol. The molecule has 6 N–H and O–H groups in total. The van der Waals surface area contributed by atoms with Gasteiger partial charge in [0.25, 0.3) is 0 Å². The minimum atomic E-state index is -2.55. The van der Waals surface area contributed by atoms with Crippen molar-refractivity contribution in [1.29, 1.82) is 0 Å². The molecule has 0 bridgehead atoms. The fourth-order valence-electron chi connectivity index (χ4n) is 2.66. The largest absolute Gasteiger partial charge is 0.492 e. The van der Waals surface area contributed by atoms with Gasteiger partial charge in [-0.05, 0) is 6.42 Å². The lowest BCUT2D eigenvalue weighted by molar-refractivity contribution is -0.809. The lowest BCUT2D eigenvalue weighted by Crippen LogP contribution is -2.71. The minimum absolute atomic E-state index is 0.296. The van der Waals surface area contributed by atoms with Crippen LogP contribution >= 0.6 is 0 Å². The van der Waals surface area contributed by atoms with Crippen molar-refractivity contribution in [3.8, 4) is 0 Å². The van der Waals surface area contributed by atoms with Crippen LogP contribution in [-0.4, -0.2) is 108 Å². The lowest BCUT2D eigenvalue weighted by atomic mass is 10.0. The Morgan fingerprint density at radius 1 is 1.12 bits per heavy atom. The number of carboxylic acid groups (broad SMARTS) is 2. The summed E-state index contributed by atoms with van der Waals surface area (Å²) in [7, 11) is -2.16. The Kier molecular flexibility index (Phi) is 9.93. The number of aliphatic carboxylic acids is 2. The van der Waals surface area contributed by atoms with E-state index in [4.69, 9.17) is 15.9 Å². The molecule has 3 unspecified atom stereocenters. The summed E-state index contributed by atoms with van der Waals surface area (Å²) >= 11 is 0. The third-order valence-corrected chi connectivity index (χ3v) is 5.90. The summed E-state index contributed by atoms with van der Waals surface area (Å²) < 4.78 is 12.4. The van der Waals surface area contributed by atoms with Gasteiger partial charge in [0.05, 0.1) is 5.75 Å². The number of nitrogens with one attached hydrogen (secondary N) is 2. The van der Waals surface area contributed by atoms with Gasteiger partial charge in [-0.25, -0.2) is 0 Å². The number of hydrogen-bond donors (Lipinski definition) is 5. The summed E-state index contributed by atoms with van der Waals surface area (Å²) in [6, 6.07) is -2.94. The first-order chi connectivity index (χ1) is 15.7. The average Bonchev–Trinajstić information content (AvgIpc) is 2.67. The summed E-state index contributed by atoms with van der Waals surface area (Å²) in [5.41, 5.74) is 2.72. The van der Waals surface area contributed by atoms with Crippen molar-refractivity contribution in [3.63, 3.8) is 0 Å². The predicted octanol–water partition coefficient (Wildman–Crippen LogP) is -4.30. The first kappa shape index (κ1) is 28.3. The Bertz CT molecular complexity index is 888. The Labute approximate surface area is 192 Å². The molecule has 19 heteroatoms. The number of carboxylic acids is 2. The monoisotopic (exact) mass is 510 g/mol. The van der Waals surface area contributed by atoms with Crippen LogP contribution in [0.3, 0.4) is 0 Å². The molecule has 0 saturated carbocycles. The topological polar surface area (TPSA) is 282 Å². The van der Waals surface area contributed by atoms with E-state index in [1.807, 2.05) is 5.32 Å². The molecule has 0 aromatic heterocycles. The first-order valence-corrected chi connectivity index (χ1v) is 10.9. The summed E-state index contributed by atoms with van der Waals surface area (Å²) in [5.74, 6) is -7.08. The molecule has 34 heavy (non-hydrogen) atoms. The van der Waals surface area contributed by atoms with Gasteiger partial charge >= 0.3 is 17.6 Å². The van der Waals surface area contributed by atoms with Crippen molar-refractivity contribution in [2.24, 2.45) is 5.73 Å². The van der Waals surface area contributed by atoms with Crippen LogP contribution < -0.4 is 16.4 Å². The van der Waals surface area contributed by atoms with E-state index >= 15 is 0 Å². The Balaban J connectivity index is 2.74. The highest BCUT2D eigenvalue weighted by Gasteiger charge is 2.67. The number of carbonyl (C=O) groups excluding carboxylic acids is 3. The van der Waals surface area contributed by atoms with Crippen molar-refractivity contribution in [2.75, 3.05) is 31.1 Å². The highest BCUT2D eigenvalue weighted by atomic mass is 32.2. The highest BCUT2D eigenvalue weighted by Crippen LogP contribution is 2.25. The van der Waals surface area contributed by atoms with Crippen molar-refractivity contribution in [3.05, 3.63) is 20.2 Å². The van der Waals surface area contributed by atoms with Crippen molar-refractivity contribution in [1.82, 2.24) is 15.5 Å². The number of carbonyl (C=O) groups is 5. The molecule has 0 spiro atoms. The van der Waals surface area contributed by atoms with Gasteiger partial charge in [0.2, 0.25) is 17.7 Å². The zero-order chi connectivity index (χ0) is 26.2. The summed E-state index contributed by atoms with van der Waals surface area (Å²) in [5, 5.41) is 43.3. The smallest absolute Gasteiger partial charge is 0.480 e. The number of rotatable bonds is 14. The zero-order valence-electron chi connectivity index (χ0n) is 17.4. The molecule has 1 rings (SSSR count). The summed E-state index contributed by atoms with van der Waals surface area (Å²) in [6.07, 6.45) is -0.727. The Morgan fingerprint density at radius 3 is 2.15 bits per heavy atom. The first-order valence-electron chi connectivity index (χ1n) is 9.38. The highest BCUT2D eigenvalue weighted by molar-refractivity contribution is 7.85. The van der Waals surface area contributed by atoms with E-state index in [1.165, 1.54) is 0 Å². The second-order valence-electron chi connectivity index (χ2n) is 7.21. The lowest BCUT2D eigenvalue weighted by Gasteiger charge is -2.35. The Hall–Kier alpha value is -3.74. The maximum Gasteiger partial charge on any atom is 0.492 e. The summed E-state index contributed by atoms with van der Waals surface area (Å²) in [4.78, 5) is 78.0. The van der Waals surface area contributed by atoms with Crippen LogP contribution in [0.2, 0.25) is 0 Å². The van der Waals surface area contributed by atoms with Crippen LogP contribution in [0, 0.1) is 20.2 Å². The third-order valence-electron chi connectivity index (χ3n) is 4.62. The SMILES string of the molecule is NC(CCC(=O)NC(CS(=O)CC(=O)N1CC([N+](=O)[O-])([N+](=O)[O-])C1)C(=O)NCC(=O)O)C(=O)O. The van der Waals surface area contributed by atoms with Crippen LogP contribution in [0.25, 0.3) is 0 Å². The third kappa shape index (κ3) is 7.69. The minimum Gasteiger partial charge on any atom is -0.480 e. The molecule has 1 fully saturated rings. The molecular formula is C15H22N6O12S. The van der Waals surface area contributed by atoms with Crippen molar-refractivity contribution >= 4 is 40.5 Å². The van der Waals surface area contributed by atoms with E-state index in [1.54, 1.807) is 0 Å². The van der Waals surface area contributed by atoms with E-state index in [0.29, 0.717) is 0 Å². The maximum atomic E-state index is 12.4. The summed E-state index contributed by atoms with van der Waals surface area (Å²) in [6.45, 7) is -2.52. The number of nitro groups is 2. The molecule has 1 saturated heterocycles. The van der Waals surface area contributed by atoms with Gasteiger partial charge in [-0.1, -0.05) is 0 Å². The molecule has 0 aromatic carbocycles. The fraction of sp³-hybridized carbons (Fsp3) is 0.667. The van der Waals surface area contributed by atoms with Crippen LogP contribution in [0.1, 0.15) is 12.8 Å². The standard InChI is InChI=1S/C15H22N6O12S/c16-8(14(27)28)1-2-10(22)18-9(13(26)17-3-12(24)25)4-34(33)5-11(23)19-6-15(7-19,20(29)30)21(31)32/h8-9H,1-7,16H2,(H,17,26)(H,18,22)(H,24,25)(H,27,28). The molecule has 190 valence electrons. The van der Waals surface area contributed by atoms with Crippen LogP contribution in [0.15, 0.2) is 0 Å². The van der Waals surface area contributed by atoms with E-state index in [-0.39, 0.29) is 6.42 Å². The van der Waals surface area contributed by atoms with Gasteiger partial charge in [-0.3, -0.25) is 48.4 Å². The van der Waals surface area contributed by atoms with E-state index in [9.17, 15) is 48.4 Å². The zero-order valence-corrected chi connectivity index (χ0v) is 18.2. The number of nitrogens with two attached hydrogens (primary N) is 1. The van der Waals surface area contributed by atoms with Crippen LogP contribution in [0.4, 0.5) is 0 Å². The van der Waals surface area contributed by atoms with Gasteiger partial charge in [0, 0.05) is 17.2 Å². The number of likely N-dealkylation sites (tertiary alicyclic amines) is 1. The number of hydrogen-bond acceptors (Lipinski definition) is 11.